The van der Waals surface area contributed by atoms with E-state index in [9.17, 15) is 8.42 Å². The zero-order valence-electron chi connectivity index (χ0n) is 14.3. The third-order valence-electron chi connectivity index (χ3n) is 4.10. The molecule has 2 atom stereocenters. The maximum Gasteiger partial charge on any atom is 0.242 e. The fourth-order valence-corrected chi connectivity index (χ4v) is 4.06. The van der Waals surface area contributed by atoms with Crippen molar-refractivity contribution in [2.24, 2.45) is 7.05 Å². The molecule has 0 spiro atoms. The molecule has 3 heterocycles. The van der Waals surface area contributed by atoms with Crippen molar-refractivity contribution in [1.82, 2.24) is 19.3 Å². The number of pyridine rings is 1. The molecule has 2 aromatic rings. The van der Waals surface area contributed by atoms with E-state index < -0.39 is 10.0 Å². The molecular weight excluding hydrogens is 344 g/mol. The first-order valence-electron chi connectivity index (χ1n) is 8.18. The normalized spacial score (nSPS) is 21.2. The van der Waals surface area contributed by atoms with Crippen molar-refractivity contribution in [2.75, 3.05) is 13.2 Å². The number of sulfonamides is 1. The van der Waals surface area contributed by atoms with Crippen molar-refractivity contribution in [2.45, 2.75) is 36.8 Å². The van der Waals surface area contributed by atoms with Crippen molar-refractivity contribution in [3.63, 3.8) is 0 Å². The lowest BCUT2D eigenvalue weighted by Crippen LogP contribution is -2.40. The van der Waals surface area contributed by atoms with Crippen molar-refractivity contribution in [3.05, 3.63) is 36.5 Å². The number of hydrogen-bond acceptors (Lipinski definition) is 6. The monoisotopic (exact) mass is 366 g/mol. The highest BCUT2D eigenvalue weighted by atomic mass is 32.2. The predicted molar refractivity (Wildman–Crippen MR) is 90.7 cm³/mol. The molecule has 0 aliphatic carbocycles. The van der Waals surface area contributed by atoms with Crippen molar-refractivity contribution >= 4 is 10.0 Å². The van der Waals surface area contributed by atoms with Crippen molar-refractivity contribution in [1.29, 1.82) is 0 Å². The van der Waals surface area contributed by atoms with Gasteiger partial charge in [0.15, 0.2) is 0 Å². The highest BCUT2D eigenvalue weighted by molar-refractivity contribution is 7.89. The molecule has 0 radical (unpaired) electrons. The molecule has 8 nitrogen and oxygen atoms in total. The minimum absolute atomic E-state index is 0.125. The summed E-state index contributed by atoms with van der Waals surface area (Å²) >= 11 is 0. The van der Waals surface area contributed by atoms with Gasteiger partial charge in [-0.3, -0.25) is 0 Å². The molecule has 2 aromatic heterocycles. The van der Waals surface area contributed by atoms with E-state index in [0.29, 0.717) is 31.9 Å². The molecule has 1 saturated heterocycles. The van der Waals surface area contributed by atoms with E-state index in [1.807, 2.05) is 18.5 Å². The Bertz CT molecular complexity index is 804. The third-order valence-corrected chi connectivity index (χ3v) is 5.61. The Balaban J connectivity index is 1.68. The van der Waals surface area contributed by atoms with Crippen LogP contribution in [0.3, 0.4) is 0 Å². The summed E-state index contributed by atoms with van der Waals surface area (Å²) in [6.45, 7) is 2.82. The van der Waals surface area contributed by atoms with E-state index in [2.05, 4.69) is 14.7 Å². The summed E-state index contributed by atoms with van der Waals surface area (Å²) in [5, 5.41) is 0. The molecule has 0 bridgehead atoms. The fourth-order valence-electron chi connectivity index (χ4n) is 2.83. The number of aryl methyl sites for hydroxylation is 1. The van der Waals surface area contributed by atoms with Gasteiger partial charge in [0.05, 0.1) is 31.0 Å². The van der Waals surface area contributed by atoms with Gasteiger partial charge in [-0.05, 0) is 25.8 Å². The Labute approximate surface area is 147 Å². The lowest BCUT2D eigenvalue weighted by molar-refractivity contribution is -0.0000447. The number of aromatic nitrogens is 3. The summed E-state index contributed by atoms with van der Waals surface area (Å²) in [4.78, 5) is 8.23. The largest absolute Gasteiger partial charge is 0.478 e. The average Bonchev–Trinajstić information content (AvgIpc) is 3.02. The standard InChI is InChI=1S/C16H22N4O4S/c1-3-23-16-5-4-13(9-18-16)25(21,22)19-12-6-7-24-15(8-12)14-10-17-11-20(14)2/h4-5,9-12,15,19H,3,6-8H2,1-2H3/t12-,15+/m1/s1. The van der Waals surface area contributed by atoms with Crippen LogP contribution in [-0.4, -0.2) is 42.2 Å². The molecule has 1 N–H and O–H groups in total. The number of imidazole rings is 1. The summed E-state index contributed by atoms with van der Waals surface area (Å²) in [6, 6.07) is 2.85. The Hall–Kier alpha value is -1.97. The quantitative estimate of drug-likeness (QED) is 0.831. The van der Waals surface area contributed by atoms with E-state index in [4.69, 9.17) is 9.47 Å². The Morgan fingerprint density at radius 1 is 1.40 bits per heavy atom. The lowest BCUT2D eigenvalue weighted by atomic mass is 10.0. The van der Waals surface area contributed by atoms with Crippen LogP contribution in [0.1, 0.15) is 31.6 Å². The molecule has 25 heavy (non-hydrogen) atoms. The maximum absolute atomic E-state index is 12.6. The molecule has 136 valence electrons. The van der Waals surface area contributed by atoms with Crippen LogP contribution in [0, 0.1) is 0 Å². The Morgan fingerprint density at radius 3 is 2.88 bits per heavy atom. The number of nitrogens with zero attached hydrogens (tertiary/aromatic N) is 3. The van der Waals surface area contributed by atoms with Crippen LogP contribution in [0.25, 0.3) is 0 Å². The number of ether oxygens (including phenoxy) is 2. The van der Waals surface area contributed by atoms with Crippen LogP contribution in [0.15, 0.2) is 35.7 Å². The molecule has 0 unspecified atom stereocenters. The number of hydrogen-bond donors (Lipinski definition) is 1. The molecule has 1 aliphatic heterocycles. The van der Waals surface area contributed by atoms with Gasteiger partial charge in [0, 0.05) is 25.8 Å². The zero-order chi connectivity index (χ0) is 17.9. The van der Waals surface area contributed by atoms with Gasteiger partial charge < -0.3 is 14.0 Å². The van der Waals surface area contributed by atoms with Crippen LogP contribution in [0.2, 0.25) is 0 Å². The van der Waals surface area contributed by atoms with Gasteiger partial charge in [0.25, 0.3) is 0 Å². The summed E-state index contributed by atoms with van der Waals surface area (Å²) in [5.41, 5.74) is 0.937. The minimum Gasteiger partial charge on any atom is -0.478 e. The minimum atomic E-state index is -3.64. The summed E-state index contributed by atoms with van der Waals surface area (Å²) < 4.78 is 40.8. The SMILES string of the molecule is CCOc1ccc(S(=O)(=O)N[C@@H]2CCO[C@H](c3cncn3C)C2)cn1. The van der Waals surface area contributed by atoms with Crippen LogP contribution in [0.4, 0.5) is 0 Å². The van der Waals surface area contributed by atoms with E-state index in [1.54, 1.807) is 18.6 Å². The fraction of sp³-hybridized carbons (Fsp3) is 0.500. The van der Waals surface area contributed by atoms with Crippen LogP contribution >= 0.6 is 0 Å². The molecule has 0 amide bonds. The molecule has 1 fully saturated rings. The van der Waals surface area contributed by atoms with Crippen LogP contribution in [-0.2, 0) is 21.8 Å². The second kappa shape index (κ2) is 7.51. The van der Waals surface area contributed by atoms with Gasteiger partial charge in [-0.1, -0.05) is 0 Å². The summed E-state index contributed by atoms with van der Waals surface area (Å²) in [6.07, 6.45) is 5.77. The Kier molecular flexibility index (Phi) is 5.36. The van der Waals surface area contributed by atoms with Gasteiger partial charge in [0.2, 0.25) is 15.9 Å². The first kappa shape index (κ1) is 17.8. The first-order valence-corrected chi connectivity index (χ1v) is 9.67. The summed E-state index contributed by atoms with van der Waals surface area (Å²) in [7, 11) is -1.75. The molecule has 1 aliphatic rings. The van der Waals surface area contributed by atoms with E-state index >= 15 is 0 Å². The average molecular weight is 366 g/mol. The first-order chi connectivity index (χ1) is 12.0. The maximum atomic E-state index is 12.6. The molecule has 0 saturated carbocycles. The lowest BCUT2D eigenvalue weighted by Gasteiger charge is -2.30. The highest BCUT2D eigenvalue weighted by Crippen LogP contribution is 2.28. The van der Waals surface area contributed by atoms with Crippen molar-refractivity contribution in [3.8, 4) is 5.88 Å². The van der Waals surface area contributed by atoms with E-state index in [0.717, 1.165) is 5.69 Å². The van der Waals surface area contributed by atoms with Gasteiger partial charge >= 0.3 is 0 Å². The van der Waals surface area contributed by atoms with Crippen LogP contribution < -0.4 is 9.46 Å². The summed E-state index contributed by atoms with van der Waals surface area (Å²) in [5.74, 6) is 0.406. The third kappa shape index (κ3) is 4.17. The van der Waals surface area contributed by atoms with Gasteiger partial charge in [-0.25, -0.2) is 23.1 Å². The Morgan fingerprint density at radius 2 is 2.24 bits per heavy atom. The van der Waals surface area contributed by atoms with E-state index in [1.165, 1.54) is 12.3 Å². The second-order valence-electron chi connectivity index (χ2n) is 5.90. The molecule has 0 aromatic carbocycles. The topological polar surface area (TPSA) is 95.3 Å². The van der Waals surface area contributed by atoms with Crippen molar-refractivity contribution < 1.29 is 17.9 Å². The number of nitrogens with one attached hydrogen (secondary N) is 1. The smallest absolute Gasteiger partial charge is 0.242 e. The number of rotatable bonds is 6. The zero-order valence-corrected chi connectivity index (χ0v) is 15.1. The van der Waals surface area contributed by atoms with E-state index in [-0.39, 0.29) is 17.0 Å². The molecular formula is C16H22N4O4S. The predicted octanol–water partition coefficient (Wildman–Crippen LogP) is 1.41. The van der Waals surface area contributed by atoms with Crippen LogP contribution in [0.5, 0.6) is 5.88 Å². The molecule has 9 heteroatoms. The highest BCUT2D eigenvalue weighted by Gasteiger charge is 2.29. The molecule has 3 rings (SSSR count). The second-order valence-corrected chi connectivity index (χ2v) is 7.61. The van der Waals surface area contributed by atoms with Gasteiger partial charge in [-0.2, -0.15) is 0 Å². The van der Waals surface area contributed by atoms with Gasteiger partial charge in [0.1, 0.15) is 11.0 Å². The van der Waals surface area contributed by atoms with Gasteiger partial charge in [-0.15, -0.1) is 0 Å².